The van der Waals surface area contributed by atoms with Gasteiger partial charge in [-0.3, -0.25) is 0 Å². The minimum absolute atomic E-state index is 0.576. The first kappa shape index (κ1) is 10.8. The standard InChI is InChI=1S/C12H15IN2/c13-11-8-9(14)6-7-12(11)15-10-4-2-1-3-5-10/h1-2,6-8,10,15H,3-5,14H2. The number of halogens is 1. The molecule has 0 aliphatic heterocycles. The summed E-state index contributed by atoms with van der Waals surface area (Å²) in [5.41, 5.74) is 7.74. The van der Waals surface area contributed by atoms with Crippen molar-refractivity contribution in [1.82, 2.24) is 0 Å². The van der Waals surface area contributed by atoms with E-state index in [0.29, 0.717) is 6.04 Å². The summed E-state index contributed by atoms with van der Waals surface area (Å²) in [6.07, 6.45) is 8.04. The molecular weight excluding hydrogens is 299 g/mol. The molecule has 0 saturated carbocycles. The van der Waals surface area contributed by atoms with Gasteiger partial charge in [-0.15, -0.1) is 0 Å². The van der Waals surface area contributed by atoms with Gasteiger partial charge in [0.25, 0.3) is 0 Å². The van der Waals surface area contributed by atoms with Gasteiger partial charge in [0.05, 0.1) is 0 Å². The second-order valence-corrected chi connectivity index (χ2v) is 5.03. The summed E-state index contributed by atoms with van der Waals surface area (Å²) in [4.78, 5) is 0. The van der Waals surface area contributed by atoms with Gasteiger partial charge in [-0.25, -0.2) is 0 Å². The van der Waals surface area contributed by atoms with Crippen LogP contribution in [0.5, 0.6) is 0 Å². The van der Waals surface area contributed by atoms with E-state index in [1.165, 1.54) is 22.1 Å². The molecule has 0 bridgehead atoms. The summed E-state index contributed by atoms with van der Waals surface area (Å²) in [5.74, 6) is 0. The number of hydrogen-bond donors (Lipinski definition) is 2. The second-order valence-electron chi connectivity index (χ2n) is 3.87. The predicted molar refractivity (Wildman–Crippen MR) is 74.0 cm³/mol. The highest BCUT2D eigenvalue weighted by Gasteiger charge is 2.10. The Labute approximate surface area is 104 Å². The highest BCUT2D eigenvalue weighted by atomic mass is 127. The molecule has 0 saturated heterocycles. The molecule has 1 aromatic carbocycles. The highest BCUT2D eigenvalue weighted by molar-refractivity contribution is 14.1. The van der Waals surface area contributed by atoms with E-state index < -0.39 is 0 Å². The molecule has 0 heterocycles. The zero-order chi connectivity index (χ0) is 10.7. The van der Waals surface area contributed by atoms with Crippen molar-refractivity contribution in [2.45, 2.75) is 25.3 Å². The summed E-state index contributed by atoms with van der Waals surface area (Å²) in [5, 5.41) is 3.56. The fourth-order valence-electron chi connectivity index (χ4n) is 1.79. The molecule has 1 aliphatic carbocycles. The molecular formula is C12H15IN2. The van der Waals surface area contributed by atoms with E-state index in [9.17, 15) is 0 Å². The molecule has 3 N–H and O–H groups in total. The largest absolute Gasteiger partial charge is 0.399 e. The van der Waals surface area contributed by atoms with Crippen molar-refractivity contribution in [1.29, 1.82) is 0 Å². The number of nitrogen functional groups attached to an aromatic ring is 1. The Morgan fingerprint density at radius 1 is 1.33 bits per heavy atom. The first-order valence-electron chi connectivity index (χ1n) is 5.22. The normalized spacial score (nSPS) is 20.2. The van der Waals surface area contributed by atoms with Gasteiger partial charge in [0, 0.05) is 21.0 Å². The molecule has 15 heavy (non-hydrogen) atoms. The van der Waals surface area contributed by atoms with E-state index in [1.54, 1.807) is 0 Å². The minimum Gasteiger partial charge on any atom is -0.399 e. The van der Waals surface area contributed by atoms with E-state index in [1.807, 2.05) is 12.1 Å². The average Bonchev–Trinajstić information content (AvgIpc) is 2.24. The second kappa shape index (κ2) is 4.88. The third-order valence-electron chi connectivity index (χ3n) is 2.62. The quantitative estimate of drug-likeness (QED) is 0.499. The van der Waals surface area contributed by atoms with Crippen molar-refractivity contribution in [2.75, 3.05) is 11.1 Å². The molecule has 1 aromatic rings. The van der Waals surface area contributed by atoms with E-state index in [-0.39, 0.29) is 0 Å². The number of anilines is 2. The Balaban J connectivity index is 2.06. The van der Waals surface area contributed by atoms with Crippen LogP contribution in [0.15, 0.2) is 30.4 Å². The van der Waals surface area contributed by atoms with Crippen molar-refractivity contribution < 1.29 is 0 Å². The Morgan fingerprint density at radius 2 is 2.20 bits per heavy atom. The van der Waals surface area contributed by atoms with Crippen LogP contribution in [-0.4, -0.2) is 6.04 Å². The Hall–Kier alpha value is -0.710. The first-order chi connectivity index (χ1) is 7.25. The van der Waals surface area contributed by atoms with E-state index >= 15 is 0 Å². The number of hydrogen-bond acceptors (Lipinski definition) is 2. The van der Waals surface area contributed by atoms with Crippen molar-refractivity contribution in [3.05, 3.63) is 33.9 Å². The summed E-state index contributed by atoms with van der Waals surface area (Å²) in [6, 6.07) is 6.59. The van der Waals surface area contributed by atoms with E-state index in [2.05, 4.69) is 46.1 Å². The third-order valence-corrected chi connectivity index (χ3v) is 3.51. The zero-order valence-electron chi connectivity index (χ0n) is 8.54. The Bertz CT molecular complexity index is 374. The summed E-state index contributed by atoms with van der Waals surface area (Å²) in [7, 11) is 0. The lowest BCUT2D eigenvalue weighted by Crippen LogP contribution is -2.20. The lowest BCUT2D eigenvalue weighted by molar-refractivity contribution is 0.644. The van der Waals surface area contributed by atoms with Gasteiger partial charge < -0.3 is 11.1 Å². The van der Waals surface area contributed by atoms with Crippen LogP contribution >= 0.6 is 22.6 Å². The lowest BCUT2D eigenvalue weighted by atomic mass is 10.0. The molecule has 0 spiro atoms. The van der Waals surface area contributed by atoms with Crippen LogP contribution < -0.4 is 11.1 Å². The number of nitrogens with one attached hydrogen (secondary N) is 1. The lowest BCUT2D eigenvalue weighted by Gasteiger charge is -2.21. The van der Waals surface area contributed by atoms with Gasteiger partial charge >= 0.3 is 0 Å². The minimum atomic E-state index is 0.576. The fraction of sp³-hybridized carbons (Fsp3) is 0.333. The molecule has 1 atom stereocenters. The number of benzene rings is 1. The molecule has 0 fully saturated rings. The van der Waals surface area contributed by atoms with Crippen LogP contribution in [-0.2, 0) is 0 Å². The topological polar surface area (TPSA) is 38.0 Å². The van der Waals surface area contributed by atoms with E-state index in [0.717, 1.165) is 12.1 Å². The van der Waals surface area contributed by atoms with Crippen molar-refractivity contribution >= 4 is 34.0 Å². The van der Waals surface area contributed by atoms with Crippen LogP contribution in [0.4, 0.5) is 11.4 Å². The smallest absolute Gasteiger partial charge is 0.0479 e. The van der Waals surface area contributed by atoms with Crippen LogP contribution in [0, 0.1) is 3.57 Å². The van der Waals surface area contributed by atoms with Crippen LogP contribution in [0.1, 0.15) is 19.3 Å². The predicted octanol–water partition coefficient (Wildman–Crippen LogP) is 3.39. The maximum absolute atomic E-state index is 5.72. The van der Waals surface area contributed by atoms with Crippen LogP contribution in [0.3, 0.4) is 0 Å². The first-order valence-corrected chi connectivity index (χ1v) is 6.30. The highest BCUT2D eigenvalue weighted by Crippen LogP contribution is 2.24. The SMILES string of the molecule is Nc1ccc(NC2CC=CCC2)c(I)c1. The zero-order valence-corrected chi connectivity index (χ0v) is 10.7. The molecule has 0 aromatic heterocycles. The molecule has 0 amide bonds. The van der Waals surface area contributed by atoms with Gasteiger partial charge in [-0.05, 0) is 60.1 Å². The Morgan fingerprint density at radius 3 is 2.87 bits per heavy atom. The number of allylic oxidation sites excluding steroid dienone is 1. The summed E-state index contributed by atoms with van der Waals surface area (Å²) < 4.78 is 1.20. The van der Waals surface area contributed by atoms with Crippen molar-refractivity contribution in [3.63, 3.8) is 0 Å². The number of rotatable bonds is 2. The molecule has 0 radical (unpaired) electrons. The van der Waals surface area contributed by atoms with Crippen molar-refractivity contribution in [3.8, 4) is 0 Å². The molecule has 2 rings (SSSR count). The van der Waals surface area contributed by atoms with Gasteiger partial charge in [0.15, 0.2) is 0 Å². The van der Waals surface area contributed by atoms with Gasteiger partial charge in [-0.2, -0.15) is 0 Å². The molecule has 1 unspecified atom stereocenters. The third kappa shape index (κ3) is 2.87. The summed E-state index contributed by atoms with van der Waals surface area (Å²) in [6.45, 7) is 0. The van der Waals surface area contributed by atoms with E-state index in [4.69, 9.17) is 5.73 Å². The van der Waals surface area contributed by atoms with Crippen LogP contribution in [0.25, 0.3) is 0 Å². The monoisotopic (exact) mass is 314 g/mol. The van der Waals surface area contributed by atoms with Crippen molar-refractivity contribution in [2.24, 2.45) is 0 Å². The maximum atomic E-state index is 5.72. The molecule has 80 valence electrons. The molecule has 3 heteroatoms. The molecule has 1 aliphatic rings. The van der Waals surface area contributed by atoms with Crippen LogP contribution in [0.2, 0.25) is 0 Å². The summed E-state index contributed by atoms with van der Waals surface area (Å²) >= 11 is 2.32. The van der Waals surface area contributed by atoms with Gasteiger partial charge in [-0.1, -0.05) is 12.2 Å². The molecule has 2 nitrogen and oxygen atoms in total. The maximum Gasteiger partial charge on any atom is 0.0479 e. The Kier molecular flexibility index (Phi) is 3.51. The number of nitrogens with two attached hydrogens (primary N) is 1. The average molecular weight is 314 g/mol. The van der Waals surface area contributed by atoms with Gasteiger partial charge in [0.1, 0.15) is 0 Å². The van der Waals surface area contributed by atoms with Gasteiger partial charge in [0.2, 0.25) is 0 Å². The fourth-order valence-corrected chi connectivity index (χ4v) is 2.49.